The van der Waals surface area contributed by atoms with Gasteiger partial charge >= 0.3 is 7.60 Å². The molecule has 0 heterocycles. The van der Waals surface area contributed by atoms with Crippen LogP contribution in [0.1, 0.15) is 23.5 Å². The van der Waals surface area contributed by atoms with E-state index in [1.54, 1.807) is 0 Å². The van der Waals surface area contributed by atoms with Gasteiger partial charge < -0.3 is 9.05 Å². The summed E-state index contributed by atoms with van der Waals surface area (Å²) >= 11 is 0. The Kier molecular flexibility index (Phi) is 4.04. The van der Waals surface area contributed by atoms with Crippen LogP contribution in [0, 0.1) is 0 Å². The zero-order chi connectivity index (χ0) is 17.5. The number of hydrogen-bond donors (Lipinski definition) is 0. The van der Waals surface area contributed by atoms with Crippen LogP contribution in [0.25, 0.3) is 10.8 Å². The van der Waals surface area contributed by atoms with Crippen molar-refractivity contribution in [3.05, 3.63) is 83.9 Å². The first-order chi connectivity index (χ1) is 12.1. The molecule has 1 fully saturated rings. The summed E-state index contributed by atoms with van der Waals surface area (Å²) in [5.41, 5.74) is 2.19. The second kappa shape index (κ2) is 6.10. The van der Waals surface area contributed by atoms with Crippen molar-refractivity contribution in [3.8, 4) is 0 Å². The van der Waals surface area contributed by atoms with E-state index in [0.29, 0.717) is 0 Å². The highest BCUT2D eigenvalue weighted by molar-refractivity contribution is 7.55. The van der Waals surface area contributed by atoms with Crippen LogP contribution in [0.5, 0.6) is 0 Å². The lowest BCUT2D eigenvalue weighted by molar-refractivity contribution is 0.261. The molecule has 1 aliphatic carbocycles. The van der Waals surface area contributed by atoms with Gasteiger partial charge in [-0.3, -0.25) is 4.57 Å². The van der Waals surface area contributed by atoms with Crippen LogP contribution in [0.3, 0.4) is 0 Å². The lowest BCUT2D eigenvalue weighted by Gasteiger charge is -2.26. The van der Waals surface area contributed by atoms with E-state index in [1.807, 2.05) is 42.5 Å². The van der Waals surface area contributed by atoms with E-state index in [1.165, 1.54) is 30.6 Å². The Balaban J connectivity index is 1.83. The minimum atomic E-state index is -3.28. The van der Waals surface area contributed by atoms with Gasteiger partial charge in [0.15, 0.2) is 0 Å². The Labute approximate surface area is 148 Å². The molecule has 0 aromatic heterocycles. The molecule has 4 rings (SSSR count). The molecule has 1 aliphatic rings. The first kappa shape index (κ1) is 16.5. The summed E-state index contributed by atoms with van der Waals surface area (Å²) in [5.74, 6) is 0.116. The second-order valence-corrected chi connectivity index (χ2v) is 9.04. The van der Waals surface area contributed by atoms with Gasteiger partial charge in [0.2, 0.25) is 0 Å². The van der Waals surface area contributed by atoms with Crippen molar-refractivity contribution >= 4 is 18.4 Å². The number of rotatable bonds is 5. The molecule has 0 radical (unpaired) electrons. The Morgan fingerprint density at radius 1 is 0.880 bits per heavy atom. The largest absolute Gasteiger partial charge is 0.341 e. The van der Waals surface area contributed by atoms with Crippen LogP contribution in [-0.2, 0) is 18.8 Å². The maximum Gasteiger partial charge on any atom is 0.341 e. The summed E-state index contributed by atoms with van der Waals surface area (Å²) in [7, 11) is -0.323. The van der Waals surface area contributed by atoms with Gasteiger partial charge in [-0.2, -0.15) is 0 Å². The molecule has 1 saturated carbocycles. The smallest absolute Gasteiger partial charge is 0.311 e. The first-order valence-corrected chi connectivity index (χ1v) is 9.95. The third kappa shape index (κ3) is 2.46. The number of benzene rings is 3. The van der Waals surface area contributed by atoms with Gasteiger partial charge in [0.25, 0.3) is 0 Å². The molecule has 3 aromatic rings. The highest BCUT2D eigenvalue weighted by Crippen LogP contribution is 2.81. The van der Waals surface area contributed by atoms with Crippen LogP contribution < -0.4 is 0 Å². The van der Waals surface area contributed by atoms with Gasteiger partial charge in [-0.25, -0.2) is 0 Å². The van der Waals surface area contributed by atoms with Gasteiger partial charge in [0.1, 0.15) is 5.16 Å². The predicted molar refractivity (Wildman–Crippen MR) is 101 cm³/mol. The zero-order valence-electron chi connectivity index (χ0n) is 14.4. The van der Waals surface area contributed by atoms with E-state index >= 15 is 0 Å². The monoisotopic (exact) mass is 352 g/mol. The highest BCUT2D eigenvalue weighted by Gasteiger charge is 2.68. The molecule has 3 nitrogen and oxygen atoms in total. The molecule has 128 valence electrons. The fourth-order valence-corrected chi connectivity index (χ4v) is 6.18. The van der Waals surface area contributed by atoms with E-state index in [4.69, 9.17) is 9.05 Å². The van der Waals surface area contributed by atoms with Crippen molar-refractivity contribution in [2.75, 3.05) is 14.2 Å². The molecule has 0 N–H and O–H groups in total. The van der Waals surface area contributed by atoms with E-state index < -0.39 is 12.8 Å². The van der Waals surface area contributed by atoms with E-state index in [9.17, 15) is 4.57 Å². The lowest BCUT2D eigenvalue weighted by atomic mass is 10.0. The summed E-state index contributed by atoms with van der Waals surface area (Å²) < 4.78 is 24.3. The van der Waals surface area contributed by atoms with Gasteiger partial charge in [-0.15, -0.1) is 0 Å². The van der Waals surface area contributed by atoms with Gasteiger partial charge in [-0.1, -0.05) is 72.8 Å². The molecule has 2 atom stereocenters. The normalized spacial score (nSPS) is 22.9. The molecular formula is C21H21O3P. The maximum absolute atomic E-state index is 13.4. The molecule has 4 heteroatoms. The van der Waals surface area contributed by atoms with Crippen LogP contribution in [-0.4, -0.2) is 14.2 Å². The zero-order valence-corrected chi connectivity index (χ0v) is 15.3. The molecule has 0 aliphatic heterocycles. The van der Waals surface area contributed by atoms with Crippen molar-refractivity contribution in [1.82, 2.24) is 0 Å². The molecule has 0 spiro atoms. The molecular weight excluding hydrogens is 331 g/mol. The Morgan fingerprint density at radius 2 is 1.52 bits per heavy atom. The molecule has 0 unspecified atom stereocenters. The van der Waals surface area contributed by atoms with Crippen molar-refractivity contribution in [2.24, 2.45) is 0 Å². The van der Waals surface area contributed by atoms with Gasteiger partial charge in [-0.05, 0) is 28.3 Å². The fourth-order valence-electron chi connectivity index (χ4n) is 3.98. The van der Waals surface area contributed by atoms with E-state index in [-0.39, 0.29) is 5.92 Å². The molecule has 0 bridgehead atoms. The molecule has 25 heavy (non-hydrogen) atoms. The summed E-state index contributed by atoms with van der Waals surface area (Å²) in [6.07, 6.45) is 0.758. The summed E-state index contributed by atoms with van der Waals surface area (Å²) in [4.78, 5) is 0. The Morgan fingerprint density at radius 3 is 2.20 bits per heavy atom. The van der Waals surface area contributed by atoms with Gasteiger partial charge in [0, 0.05) is 20.1 Å². The standard InChI is InChI=1S/C21H21O3P/c1-23-25(22,24-2)21(19-10-4-3-5-11-19)15-20(21)18-13-12-16-8-6-7-9-17(16)14-18/h3-14,20H,15H2,1-2H3/t20-,21-/m1/s1. The van der Waals surface area contributed by atoms with Crippen LogP contribution >= 0.6 is 7.60 Å². The van der Waals surface area contributed by atoms with Gasteiger partial charge in [0.05, 0.1) is 0 Å². The van der Waals surface area contributed by atoms with E-state index in [2.05, 4.69) is 30.3 Å². The minimum Gasteiger partial charge on any atom is -0.311 e. The third-order valence-electron chi connectivity index (χ3n) is 5.35. The minimum absolute atomic E-state index is 0.116. The second-order valence-electron chi connectivity index (χ2n) is 6.52. The maximum atomic E-state index is 13.4. The van der Waals surface area contributed by atoms with Crippen LogP contribution in [0.4, 0.5) is 0 Å². The van der Waals surface area contributed by atoms with Crippen molar-refractivity contribution < 1.29 is 13.6 Å². The average Bonchev–Trinajstić information content (AvgIpc) is 3.45. The highest BCUT2D eigenvalue weighted by atomic mass is 31.2. The van der Waals surface area contributed by atoms with Crippen molar-refractivity contribution in [1.29, 1.82) is 0 Å². The van der Waals surface area contributed by atoms with E-state index in [0.717, 1.165) is 12.0 Å². The van der Waals surface area contributed by atoms with Crippen LogP contribution in [0.15, 0.2) is 72.8 Å². The van der Waals surface area contributed by atoms with Crippen molar-refractivity contribution in [3.63, 3.8) is 0 Å². The summed E-state index contributed by atoms with van der Waals surface area (Å²) in [6, 6.07) is 24.7. The topological polar surface area (TPSA) is 35.5 Å². The fraction of sp³-hybridized carbons (Fsp3) is 0.238. The molecule has 0 saturated heterocycles. The van der Waals surface area contributed by atoms with Crippen molar-refractivity contribution in [2.45, 2.75) is 17.5 Å². The molecule has 0 amide bonds. The van der Waals surface area contributed by atoms with Crippen LogP contribution in [0.2, 0.25) is 0 Å². The summed E-state index contributed by atoms with van der Waals surface area (Å²) in [5, 5.41) is 1.79. The SMILES string of the molecule is COP(=O)(OC)[C@@]1(c2ccccc2)C[C@@H]1c1ccc2ccccc2c1. The third-order valence-corrected chi connectivity index (χ3v) is 8.04. The Bertz CT molecular complexity index is 946. The number of hydrogen-bond acceptors (Lipinski definition) is 3. The first-order valence-electron chi connectivity index (χ1n) is 8.40. The quantitative estimate of drug-likeness (QED) is 0.552. The number of fused-ring (bicyclic) bond motifs is 1. The summed E-state index contributed by atoms with van der Waals surface area (Å²) in [6.45, 7) is 0. The average molecular weight is 352 g/mol. The molecule has 3 aromatic carbocycles. The lowest BCUT2D eigenvalue weighted by Crippen LogP contribution is -2.13. The Hall–Kier alpha value is -1.93. The predicted octanol–water partition coefficient (Wildman–Crippen LogP) is 5.71.